The molecule has 0 spiro atoms. The number of hydrogen-bond donors (Lipinski definition) is 2. The zero-order valence-electron chi connectivity index (χ0n) is 7.90. The SMILES string of the molecule is Cc1cc(F)ccc1C(NN)C(F)(F)F. The molecule has 0 heterocycles. The number of nitrogens with two attached hydrogens (primary N) is 1. The van der Waals surface area contributed by atoms with Crippen LogP contribution in [0, 0.1) is 12.7 Å². The monoisotopic (exact) mass is 222 g/mol. The number of hydrazine groups is 1. The zero-order valence-corrected chi connectivity index (χ0v) is 7.90. The Hall–Kier alpha value is -1.14. The number of nitrogens with one attached hydrogen (secondary N) is 1. The maximum atomic E-state index is 12.7. The molecule has 3 N–H and O–H groups in total. The summed E-state index contributed by atoms with van der Waals surface area (Å²) in [6.07, 6.45) is -4.50. The molecule has 0 aromatic heterocycles. The number of halogens is 4. The van der Waals surface area contributed by atoms with Gasteiger partial charge in [-0.25, -0.2) is 9.82 Å². The summed E-state index contributed by atoms with van der Waals surface area (Å²) in [5, 5.41) is 0. The van der Waals surface area contributed by atoms with Crippen molar-refractivity contribution in [2.45, 2.75) is 19.1 Å². The van der Waals surface area contributed by atoms with Gasteiger partial charge in [0.2, 0.25) is 0 Å². The Bertz CT molecular complexity index is 348. The van der Waals surface area contributed by atoms with Crippen LogP contribution in [0.5, 0.6) is 0 Å². The van der Waals surface area contributed by atoms with Gasteiger partial charge in [0.25, 0.3) is 0 Å². The number of alkyl halides is 3. The van der Waals surface area contributed by atoms with Gasteiger partial charge in [0.05, 0.1) is 0 Å². The van der Waals surface area contributed by atoms with E-state index in [0.717, 1.165) is 18.2 Å². The second-order valence-corrected chi connectivity index (χ2v) is 3.14. The Morgan fingerprint density at radius 2 is 1.93 bits per heavy atom. The molecular weight excluding hydrogens is 212 g/mol. The highest BCUT2D eigenvalue weighted by atomic mass is 19.4. The van der Waals surface area contributed by atoms with Gasteiger partial charge in [0, 0.05) is 0 Å². The van der Waals surface area contributed by atoms with Crippen LogP contribution in [0.15, 0.2) is 18.2 Å². The Kier molecular flexibility index (Phi) is 3.31. The van der Waals surface area contributed by atoms with Crippen LogP contribution in [0.3, 0.4) is 0 Å². The van der Waals surface area contributed by atoms with Crippen LogP contribution < -0.4 is 11.3 Å². The summed E-state index contributed by atoms with van der Waals surface area (Å²) in [6, 6.07) is 1.10. The van der Waals surface area contributed by atoms with Crippen molar-refractivity contribution in [3.63, 3.8) is 0 Å². The van der Waals surface area contributed by atoms with Crippen molar-refractivity contribution in [2.24, 2.45) is 5.84 Å². The van der Waals surface area contributed by atoms with E-state index in [4.69, 9.17) is 5.84 Å². The fourth-order valence-corrected chi connectivity index (χ4v) is 1.32. The van der Waals surface area contributed by atoms with Crippen molar-refractivity contribution < 1.29 is 17.6 Å². The van der Waals surface area contributed by atoms with Gasteiger partial charge in [-0.2, -0.15) is 13.2 Å². The van der Waals surface area contributed by atoms with Gasteiger partial charge < -0.3 is 0 Å². The molecule has 0 saturated carbocycles. The molecule has 6 heteroatoms. The van der Waals surface area contributed by atoms with Crippen LogP contribution in [-0.2, 0) is 0 Å². The molecule has 15 heavy (non-hydrogen) atoms. The fourth-order valence-electron chi connectivity index (χ4n) is 1.32. The molecular formula is C9H10F4N2. The third kappa shape index (κ3) is 2.66. The van der Waals surface area contributed by atoms with Crippen LogP contribution >= 0.6 is 0 Å². The Morgan fingerprint density at radius 3 is 2.33 bits per heavy atom. The van der Waals surface area contributed by atoms with Gasteiger partial charge in [0.1, 0.15) is 11.9 Å². The molecule has 1 atom stereocenters. The summed E-state index contributed by atoms with van der Waals surface area (Å²) >= 11 is 0. The summed E-state index contributed by atoms with van der Waals surface area (Å²) in [6.45, 7) is 1.40. The van der Waals surface area contributed by atoms with E-state index in [1.165, 1.54) is 6.92 Å². The van der Waals surface area contributed by atoms with E-state index in [0.29, 0.717) is 0 Å². The van der Waals surface area contributed by atoms with Gasteiger partial charge >= 0.3 is 6.18 Å². The minimum Gasteiger partial charge on any atom is -0.271 e. The molecule has 0 aliphatic heterocycles. The molecule has 0 amide bonds. The van der Waals surface area contributed by atoms with E-state index in [-0.39, 0.29) is 11.1 Å². The maximum absolute atomic E-state index is 12.7. The topological polar surface area (TPSA) is 38.0 Å². The van der Waals surface area contributed by atoms with Gasteiger partial charge in [-0.05, 0) is 30.2 Å². The molecule has 84 valence electrons. The predicted molar refractivity (Wildman–Crippen MR) is 47.3 cm³/mol. The molecule has 1 rings (SSSR count). The Labute approximate surface area is 84.0 Å². The summed E-state index contributed by atoms with van der Waals surface area (Å²) in [5.74, 6) is 4.26. The average Bonchev–Trinajstić information content (AvgIpc) is 2.07. The molecule has 0 radical (unpaired) electrons. The summed E-state index contributed by atoms with van der Waals surface area (Å²) < 4.78 is 50.0. The van der Waals surface area contributed by atoms with E-state index in [9.17, 15) is 17.6 Å². The van der Waals surface area contributed by atoms with Crippen LogP contribution in [0.2, 0.25) is 0 Å². The molecule has 0 bridgehead atoms. The lowest BCUT2D eigenvalue weighted by Gasteiger charge is -2.21. The molecule has 1 aromatic carbocycles. The Morgan fingerprint density at radius 1 is 1.33 bits per heavy atom. The van der Waals surface area contributed by atoms with Crippen LogP contribution in [0.4, 0.5) is 17.6 Å². The molecule has 1 unspecified atom stereocenters. The highest BCUT2D eigenvalue weighted by Crippen LogP contribution is 2.33. The van der Waals surface area contributed by atoms with Crippen molar-refractivity contribution in [3.05, 3.63) is 35.1 Å². The molecule has 0 fully saturated rings. The predicted octanol–water partition coefficient (Wildman–Crippen LogP) is 2.20. The minimum absolute atomic E-state index is 0.0774. The summed E-state index contributed by atoms with van der Waals surface area (Å²) in [5.41, 5.74) is 1.80. The first-order valence-corrected chi connectivity index (χ1v) is 4.15. The lowest BCUT2D eigenvalue weighted by Crippen LogP contribution is -2.38. The van der Waals surface area contributed by atoms with Crippen LogP contribution in [0.1, 0.15) is 17.2 Å². The lowest BCUT2D eigenvalue weighted by molar-refractivity contribution is -0.158. The van der Waals surface area contributed by atoms with E-state index >= 15 is 0 Å². The molecule has 0 aliphatic rings. The summed E-state index contributed by atoms with van der Waals surface area (Å²) in [7, 11) is 0. The van der Waals surface area contributed by atoms with Gasteiger partial charge in [0.15, 0.2) is 0 Å². The van der Waals surface area contributed by atoms with E-state index in [2.05, 4.69) is 0 Å². The third-order valence-corrected chi connectivity index (χ3v) is 2.04. The molecule has 2 nitrogen and oxygen atoms in total. The first kappa shape index (κ1) is 11.9. The van der Waals surface area contributed by atoms with Crippen molar-refractivity contribution in [1.82, 2.24) is 5.43 Å². The fraction of sp³-hybridized carbons (Fsp3) is 0.333. The zero-order chi connectivity index (χ0) is 11.6. The smallest absolute Gasteiger partial charge is 0.271 e. The van der Waals surface area contributed by atoms with Gasteiger partial charge in [-0.3, -0.25) is 5.84 Å². The largest absolute Gasteiger partial charge is 0.409 e. The maximum Gasteiger partial charge on any atom is 0.409 e. The quantitative estimate of drug-likeness (QED) is 0.457. The van der Waals surface area contributed by atoms with Gasteiger partial charge in [-0.1, -0.05) is 6.07 Å². The standard InChI is InChI=1S/C9H10F4N2/c1-5-4-6(10)2-3-7(5)8(15-14)9(11,12)13/h2-4,8,15H,14H2,1H3. The average molecular weight is 222 g/mol. The molecule has 0 aliphatic carbocycles. The van der Waals surface area contributed by atoms with Crippen molar-refractivity contribution >= 4 is 0 Å². The number of aryl methyl sites for hydroxylation is 1. The minimum atomic E-state index is -4.50. The second kappa shape index (κ2) is 4.16. The van der Waals surface area contributed by atoms with E-state index in [1.807, 2.05) is 0 Å². The summed E-state index contributed by atoms with van der Waals surface area (Å²) in [4.78, 5) is 0. The van der Waals surface area contributed by atoms with E-state index in [1.54, 1.807) is 5.43 Å². The number of benzene rings is 1. The van der Waals surface area contributed by atoms with Crippen molar-refractivity contribution in [1.29, 1.82) is 0 Å². The van der Waals surface area contributed by atoms with Gasteiger partial charge in [-0.15, -0.1) is 0 Å². The lowest BCUT2D eigenvalue weighted by atomic mass is 10.0. The van der Waals surface area contributed by atoms with Crippen molar-refractivity contribution in [2.75, 3.05) is 0 Å². The van der Waals surface area contributed by atoms with Crippen molar-refractivity contribution in [3.8, 4) is 0 Å². The van der Waals surface area contributed by atoms with Crippen LogP contribution in [-0.4, -0.2) is 6.18 Å². The second-order valence-electron chi connectivity index (χ2n) is 3.14. The first-order valence-electron chi connectivity index (χ1n) is 4.15. The molecule has 0 saturated heterocycles. The van der Waals surface area contributed by atoms with Crippen LogP contribution in [0.25, 0.3) is 0 Å². The number of rotatable bonds is 2. The normalized spacial score (nSPS) is 14.0. The number of hydrogen-bond acceptors (Lipinski definition) is 2. The third-order valence-electron chi connectivity index (χ3n) is 2.04. The first-order chi connectivity index (χ1) is 6.86. The van der Waals surface area contributed by atoms with E-state index < -0.39 is 18.0 Å². The highest BCUT2D eigenvalue weighted by molar-refractivity contribution is 5.30. The highest BCUT2D eigenvalue weighted by Gasteiger charge is 2.40. The Balaban J connectivity index is 3.13. The molecule has 1 aromatic rings.